The van der Waals surface area contributed by atoms with Crippen LogP contribution in [0.2, 0.25) is 0 Å². The van der Waals surface area contributed by atoms with E-state index in [0.29, 0.717) is 16.9 Å². The Morgan fingerprint density at radius 1 is 0.968 bits per heavy atom. The molecule has 7 nitrogen and oxygen atoms in total. The molecule has 0 unspecified atom stereocenters. The van der Waals surface area contributed by atoms with Gasteiger partial charge in [0.05, 0.1) is 10.6 Å². The van der Waals surface area contributed by atoms with Crippen LogP contribution in [0, 0.1) is 13.8 Å². The minimum Gasteiger partial charge on any atom is -0.326 e. The van der Waals surface area contributed by atoms with Gasteiger partial charge in [-0.2, -0.15) is 0 Å². The molecule has 4 rings (SSSR count). The van der Waals surface area contributed by atoms with Gasteiger partial charge in [-0.3, -0.25) is 9.52 Å². The molecule has 0 atom stereocenters. The number of benzene rings is 2. The van der Waals surface area contributed by atoms with E-state index in [1.165, 1.54) is 13.0 Å². The summed E-state index contributed by atoms with van der Waals surface area (Å²) in [6, 6.07) is 15.8. The van der Waals surface area contributed by atoms with Crippen molar-refractivity contribution in [2.75, 3.05) is 10.0 Å². The number of pyridine rings is 1. The standard InChI is InChI=1S/C23H22N4O3S/c1-15-10-11-27-14-21(25-23(27)12-15)18-4-6-19(7-5-18)26-31(29,30)22-9-8-20(13-16(22)2)24-17(3)28/h4-14,26H,1-3H3,(H,24,28). The lowest BCUT2D eigenvalue weighted by Gasteiger charge is -2.12. The van der Waals surface area contributed by atoms with Gasteiger partial charge >= 0.3 is 0 Å². The lowest BCUT2D eigenvalue weighted by molar-refractivity contribution is -0.114. The number of nitrogens with zero attached hydrogens (tertiary/aromatic N) is 2. The molecule has 0 fully saturated rings. The maximum Gasteiger partial charge on any atom is 0.262 e. The first-order chi connectivity index (χ1) is 14.7. The molecule has 2 aromatic carbocycles. The van der Waals surface area contributed by atoms with E-state index in [1.807, 2.05) is 48.0 Å². The van der Waals surface area contributed by atoms with E-state index in [1.54, 1.807) is 31.2 Å². The number of aryl methyl sites for hydroxylation is 2. The van der Waals surface area contributed by atoms with Crippen molar-refractivity contribution in [2.24, 2.45) is 0 Å². The fourth-order valence-electron chi connectivity index (χ4n) is 3.37. The molecule has 4 aromatic rings. The highest BCUT2D eigenvalue weighted by molar-refractivity contribution is 7.92. The van der Waals surface area contributed by atoms with E-state index in [-0.39, 0.29) is 10.8 Å². The SMILES string of the molecule is CC(=O)Nc1ccc(S(=O)(=O)Nc2ccc(-c3cn4ccc(C)cc4n3)cc2)c(C)c1. The summed E-state index contributed by atoms with van der Waals surface area (Å²) in [6.45, 7) is 5.11. The van der Waals surface area contributed by atoms with Gasteiger partial charge in [0, 0.05) is 36.3 Å². The second kappa shape index (κ2) is 7.88. The molecule has 158 valence electrons. The third-order valence-corrected chi connectivity index (χ3v) is 6.37. The van der Waals surface area contributed by atoms with Gasteiger partial charge in [-0.15, -0.1) is 0 Å². The van der Waals surface area contributed by atoms with Crippen LogP contribution in [-0.4, -0.2) is 23.7 Å². The molecule has 0 aliphatic heterocycles. The first-order valence-corrected chi connectivity index (χ1v) is 11.2. The first-order valence-electron chi connectivity index (χ1n) is 9.68. The summed E-state index contributed by atoms with van der Waals surface area (Å²) < 4.78 is 30.3. The minimum absolute atomic E-state index is 0.154. The van der Waals surface area contributed by atoms with Crippen LogP contribution in [0.3, 0.4) is 0 Å². The van der Waals surface area contributed by atoms with Gasteiger partial charge < -0.3 is 9.72 Å². The predicted molar refractivity (Wildman–Crippen MR) is 122 cm³/mol. The summed E-state index contributed by atoms with van der Waals surface area (Å²) in [5.41, 5.74) is 5.23. The molecule has 0 aliphatic rings. The number of anilines is 2. The monoisotopic (exact) mass is 434 g/mol. The number of aromatic nitrogens is 2. The quantitative estimate of drug-likeness (QED) is 0.488. The average molecular weight is 435 g/mol. The molecule has 0 saturated carbocycles. The maximum atomic E-state index is 12.8. The molecule has 31 heavy (non-hydrogen) atoms. The van der Waals surface area contributed by atoms with E-state index < -0.39 is 10.0 Å². The predicted octanol–water partition coefficient (Wildman–Crippen LogP) is 4.38. The number of carbonyl (C=O) groups excluding carboxylic acids is 1. The maximum absolute atomic E-state index is 12.8. The third kappa shape index (κ3) is 4.44. The third-order valence-electron chi connectivity index (χ3n) is 4.83. The number of amides is 1. The highest BCUT2D eigenvalue weighted by Crippen LogP contribution is 2.25. The Bertz CT molecular complexity index is 1390. The Kier molecular flexibility index (Phi) is 5.24. The van der Waals surface area contributed by atoms with Crippen LogP contribution >= 0.6 is 0 Å². The van der Waals surface area contributed by atoms with Crippen LogP contribution in [0.15, 0.2) is 71.9 Å². The van der Waals surface area contributed by atoms with Gasteiger partial charge in [0.1, 0.15) is 5.65 Å². The number of hydrogen-bond acceptors (Lipinski definition) is 4. The average Bonchev–Trinajstić information content (AvgIpc) is 3.10. The Balaban J connectivity index is 1.56. The zero-order valence-electron chi connectivity index (χ0n) is 17.4. The number of hydrogen-bond donors (Lipinski definition) is 2. The van der Waals surface area contributed by atoms with E-state index in [2.05, 4.69) is 15.0 Å². The second-order valence-corrected chi connectivity index (χ2v) is 9.09. The summed E-state index contributed by atoms with van der Waals surface area (Å²) in [6.07, 6.45) is 3.90. The van der Waals surface area contributed by atoms with Crippen LogP contribution in [0.1, 0.15) is 18.1 Å². The summed E-state index contributed by atoms with van der Waals surface area (Å²) in [7, 11) is -3.77. The Morgan fingerprint density at radius 3 is 2.35 bits per heavy atom. The summed E-state index contributed by atoms with van der Waals surface area (Å²) in [5, 5.41) is 2.65. The van der Waals surface area contributed by atoms with Crippen molar-refractivity contribution in [1.29, 1.82) is 0 Å². The topological polar surface area (TPSA) is 92.6 Å². The van der Waals surface area contributed by atoms with E-state index in [9.17, 15) is 13.2 Å². The number of imidazole rings is 1. The molecule has 8 heteroatoms. The Hall–Kier alpha value is -3.65. The van der Waals surface area contributed by atoms with Gasteiger partial charge in [-0.05, 0) is 67.4 Å². The van der Waals surface area contributed by atoms with Gasteiger partial charge in [-0.25, -0.2) is 13.4 Å². The largest absolute Gasteiger partial charge is 0.326 e. The van der Waals surface area contributed by atoms with E-state index >= 15 is 0 Å². The molecule has 2 aromatic heterocycles. The van der Waals surface area contributed by atoms with Gasteiger partial charge in [-0.1, -0.05) is 12.1 Å². The molecule has 0 saturated heterocycles. The molecule has 2 N–H and O–H groups in total. The van der Waals surface area contributed by atoms with Gasteiger partial charge in [0.2, 0.25) is 5.91 Å². The van der Waals surface area contributed by atoms with E-state index in [0.717, 1.165) is 22.5 Å². The summed E-state index contributed by atoms with van der Waals surface area (Å²) >= 11 is 0. The van der Waals surface area contributed by atoms with Crippen LogP contribution < -0.4 is 10.0 Å². The highest BCUT2D eigenvalue weighted by atomic mass is 32.2. The molecule has 0 radical (unpaired) electrons. The molecule has 0 spiro atoms. The molecular formula is C23H22N4O3S. The van der Waals surface area contributed by atoms with Crippen molar-refractivity contribution in [3.63, 3.8) is 0 Å². The minimum atomic E-state index is -3.77. The summed E-state index contributed by atoms with van der Waals surface area (Å²) in [5.74, 6) is -0.214. The molecule has 1 amide bonds. The number of fused-ring (bicyclic) bond motifs is 1. The molecular weight excluding hydrogens is 412 g/mol. The fourth-order valence-corrected chi connectivity index (χ4v) is 4.66. The highest BCUT2D eigenvalue weighted by Gasteiger charge is 2.17. The number of sulfonamides is 1. The lowest BCUT2D eigenvalue weighted by Crippen LogP contribution is -2.14. The van der Waals surface area contributed by atoms with Gasteiger partial charge in [0.25, 0.3) is 10.0 Å². The lowest BCUT2D eigenvalue weighted by atomic mass is 10.1. The normalized spacial score (nSPS) is 11.5. The first kappa shape index (κ1) is 20.6. The second-order valence-electron chi connectivity index (χ2n) is 7.44. The Labute approximate surface area is 180 Å². The molecule has 0 aliphatic carbocycles. The van der Waals surface area contributed by atoms with E-state index in [4.69, 9.17) is 0 Å². The van der Waals surface area contributed by atoms with Crippen LogP contribution in [0.25, 0.3) is 16.9 Å². The van der Waals surface area contributed by atoms with Crippen LogP contribution in [0.4, 0.5) is 11.4 Å². The summed E-state index contributed by atoms with van der Waals surface area (Å²) in [4.78, 5) is 16.0. The van der Waals surface area contributed by atoms with Crippen molar-refractivity contribution in [3.05, 3.63) is 78.1 Å². The zero-order valence-corrected chi connectivity index (χ0v) is 18.2. The number of rotatable bonds is 5. The van der Waals surface area contributed by atoms with Gasteiger partial charge in [0.15, 0.2) is 0 Å². The Morgan fingerprint density at radius 2 is 1.68 bits per heavy atom. The van der Waals surface area contributed by atoms with Crippen molar-refractivity contribution in [3.8, 4) is 11.3 Å². The van der Waals surface area contributed by atoms with Crippen molar-refractivity contribution >= 4 is 33.0 Å². The van der Waals surface area contributed by atoms with Crippen LogP contribution in [-0.2, 0) is 14.8 Å². The van der Waals surface area contributed by atoms with Crippen molar-refractivity contribution < 1.29 is 13.2 Å². The number of carbonyl (C=O) groups is 1. The fraction of sp³-hybridized carbons (Fsp3) is 0.130. The van der Waals surface area contributed by atoms with Crippen molar-refractivity contribution in [1.82, 2.24) is 9.38 Å². The van der Waals surface area contributed by atoms with Crippen LogP contribution in [0.5, 0.6) is 0 Å². The van der Waals surface area contributed by atoms with Crippen molar-refractivity contribution in [2.45, 2.75) is 25.7 Å². The smallest absolute Gasteiger partial charge is 0.262 e. The zero-order chi connectivity index (χ0) is 22.2. The number of nitrogens with one attached hydrogen (secondary N) is 2. The molecule has 0 bridgehead atoms. The molecule has 2 heterocycles.